The fourth-order valence-corrected chi connectivity index (χ4v) is 1.07. The van der Waals surface area contributed by atoms with Gasteiger partial charge in [0.25, 0.3) is 0 Å². The summed E-state index contributed by atoms with van der Waals surface area (Å²) in [6.45, 7) is 3.35. The Kier molecular flexibility index (Phi) is 2.31. The molecule has 0 aromatic heterocycles. The van der Waals surface area contributed by atoms with Gasteiger partial charge in [-0.3, -0.25) is 9.80 Å². The van der Waals surface area contributed by atoms with Crippen molar-refractivity contribution in [3.63, 3.8) is 0 Å². The van der Waals surface area contributed by atoms with Gasteiger partial charge in [0, 0.05) is 19.8 Å². The molecule has 0 unspecified atom stereocenters. The van der Waals surface area contributed by atoms with Crippen LogP contribution in [0.25, 0.3) is 0 Å². The highest BCUT2D eigenvalue weighted by Gasteiger charge is 2.41. The number of hydrogen-bond donors (Lipinski definition) is 0. The van der Waals surface area contributed by atoms with Gasteiger partial charge in [-0.15, -0.1) is 0 Å². The molecule has 0 aromatic carbocycles. The lowest BCUT2D eigenvalue weighted by Gasteiger charge is -2.32. The molecule has 1 rings (SSSR count). The Morgan fingerprint density at radius 2 is 1.79 bits per heavy atom. The normalized spacial score (nSPS) is 18.8. The number of likely N-dealkylation sites (N-methyl/N-ethyl adjacent to an activating group) is 1. The molecule has 1 aliphatic rings. The first-order chi connectivity index (χ1) is 6.25. The van der Waals surface area contributed by atoms with Crippen molar-refractivity contribution in [3.05, 3.63) is 24.0 Å². The number of carbonyl (C=O) groups is 1. The van der Waals surface area contributed by atoms with Crippen molar-refractivity contribution >= 4 is 6.03 Å². The van der Waals surface area contributed by atoms with E-state index in [1.54, 1.807) is 0 Å². The maximum atomic E-state index is 12.3. The first-order valence-electron chi connectivity index (χ1n) is 3.74. The van der Waals surface area contributed by atoms with E-state index in [1.807, 2.05) is 0 Å². The molecule has 0 aromatic rings. The van der Waals surface area contributed by atoms with Gasteiger partial charge in [-0.05, 0) is 6.08 Å². The van der Waals surface area contributed by atoms with E-state index in [-0.39, 0.29) is 5.70 Å². The minimum atomic E-state index is -4.53. The van der Waals surface area contributed by atoms with Crippen LogP contribution in [-0.2, 0) is 0 Å². The minimum absolute atomic E-state index is 0.0282. The van der Waals surface area contributed by atoms with Crippen LogP contribution in [0.2, 0.25) is 0 Å². The largest absolute Gasteiger partial charge is 0.431 e. The third-order valence-corrected chi connectivity index (χ3v) is 1.96. The lowest BCUT2D eigenvalue weighted by molar-refractivity contribution is -0.107. The topological polar surface area (TPSA) is 23.6 Å². The molecular formula is C8H9F3N2O. The van der Waals surface area contributed by atoms with Gasteiger partial charge in [0.2, 0.25) is 0 Å². The molecule has 0 fully saturated rings. The number of rotatable bonds is 0. The number of amides is 2. The van der Waals surface area contributed by atoms with Crippen LogP contribution >= 0.6 is 0 Å². The van der Waals surface area contributed by atoms with Crippen LogP contribution in [-0.4, -0.2) is 36.1 Å². The molecule has 14 heavy (non-hydrogen) atoms. The lowest BCUT2D eigenvalue weighted by Crippen LogP contribution is -2.44. The van der Waals surface area contributed by atoms with Gasteiger partial charge >= 0.3 is 12.2 Å². The quantitative estimate of drug-likeness (QED) is 0.594. The van der Waals surface area contributed by atoms with Gasteiger partial charge in [-0.1, -0.05) is 6.58 Å². The minimum Gasteiger partial charge on any atom is -0.298 e. The highest BCUT2D eigenvalue weighted by Crippen LogP contribution is 2.32. The van der Waals surface area contributed by atoms with E-state index in [0.717, 1.165) is 18.0 Å². The second kappa shape index (κ2) is 3.04. The number of halogens is 3. The predicted molar refractivity (Wildman–Crippen MR) is 44.2 cm³/mol. The van der Waals surface area contributed by atoms with E-state index in [9.17, 15) is 18.0 Å². The van der Waals surface area contributed by atoms with Crippen LogP contribution in [0.1, 0.15) is 0 Å². The van der Waals surface area contributed by atoms with Gasteiger partial charge in [-0.2, -0.15) is 13.2 Å². The van der Waals surface area contributed by atoms with Gasteiger partial charge in [-0.25, -0.2) is 4.79 Å². The van der Waals surface area contributed by atoms with Crippen LogP contribution in [0.5, 0.6) is 0 Å². The van der Waals surface area contributed by atoms with Gasteiger partial charge < -0.3 is 0 Å². The molecule has 1 heterocycles. The fraction of sp³-hybridized carbons (Fsp3) is 0.375. The Balaban J connectivity index is 3.15. The summed E-state index contributed by atoms with van der Waals surface area (Å²) < 4.78 is 37.0. The van der Waals surface area contributed by atoms with Gasteiger partial charge in [0.05, 0.1) is 0 Å². The lowest BCUT2D eigenvalue weighted by atomic mass is 10.2. The molecule has 0 bridgehead atoms. The van der Waals surface area contributed by atoms with Crippen LogP contribution in [0.15, 0.2) is 24.0 Å². The summed E-state index contributed by atoms with van der Waals surface area (Å²) in [4.78, 5) is 12.8. The van der Waals surface area contributed by atoms with Crippen LogP contribution in [0.3, 0.4) is 0 Å². The average molecular weight is 206 g/mol. The first-order valence-corrected chi connectivity index (χ1v) is 3.74. The number of hydrogen-bond acceptors (Lipinski definition) is 1. The standard InChI is InChI=1S/C8H9F3N2O/c1-5-4-6(8(9,10)11)13(3)7(14)12(5)2/h4H,1H2,2-3H3. The molecule has 0 aliphatic carbocycles. The third-order valence-electron chi connectivity index (χ3n) is 1.96. The SMILES string of the molecule is C=C1C=C(C(F)(F)F)N(C)C(=O)N1C. The number of nitrogens with zero attached hydrogens (tertiary/aromatic N) is 2. The second-order valence-electron chi connectivity index (χ2n) is 2.92. The Bertz CT molecular complexity index is 319. The van der Waals surface area contributed by atoms with Crippen molar-refractivity contribution in [3.8, 4) is 0 Å². The van der Waals surface area contributed by atoms with E-state index in [1.165, 1.54) is 7.05 Å². The maximum absolute atomic E-state index is 12.3. The van der Waals surface area contributed by atoms with E-state index in [0.29, 0.717) is 4.90 Å². The van der Waals surface area contributed by atoms with Crippen molar-refractivity contribution < 1.29 is 18.0 Å². The monoisotopic (exact) mass is 206 g/mol. The summed E-state index contributed by atoms with van der Waals surface area (Å²) in [6, 6.07) is -0.746. The van der Waals surface area contributed by atoms with Crippen molar-refractivity contribution in [2.75, 3.05) is 14.1 Å². The van der Waals surface area contributed by atoms with Crippen molar-refractivity contribution in [1.29, 1.82) is 0 Å². The maximum Gasteiger partial charge on any atom is 0.431 e. The summed E-state index contributed by atoms with van der Waals surface area (Å²) in [7, 11) is 2.44. The Morgan fingerprint density at radius 1 is 1.29 bits per heavy atom. The molecule has 0 radical (unpaired) electrons. The number of carbonyl (C=O) groups excluding carboxylic acids is 1. The van der Waals surface area contributed by atoms with Crippen molar-refractivity contribution in [2.24, 2.45) is 0 Å². The Morgan fingerprint density at radius 3 is 2.21 bits per heavy atom. The molecule has 1 aliphatic heterocycles. The second-order valence-corrected chi connectivity index (χ2v) is 2.92. The van der Waals surface area contributed by atoms with Crippen LogP contribution in [0, 0.1) is 0 Å². The first kappa shape index (κ1) is 10.6. The summed E-state index contributed by atoms with van der Waals surface area (Å²) >= 11 is 0. The Labute approximate surface area is 79.1 Å². The molecule has 3 nitrogen and oxygen atoms in total. The number of allylic oxidation sites excluding steroid dienone is 2. The summed E-state index contributed by atoms with van der Waals surface area (Å²) in [5, 5.41) is 0. The Hall–Kier alpha value is -1.46. The predicted octanol–water partition coefficient (Wildman–Crippen LogP) is 1.94. The van der Waals surface area contributed by atoms with Crippen molar-refractivity contribution in [1.82, 2.24) is 9.80 Å². The zero-order valence-corrected chi connectivity index (χ0v) is 7.72. The molecule has 0 saturated heterocycles. The van der Waals surface area contributed by atoms with E-state index in [2.05, 4.69) is 6.58 Å². The number of alkyl halides is 3. The van der Waals surface area contributed by atoms with Gasteiger partial charge in [0.15, 0.2) is 0 Å². The molecule has 6 heteroatoms. The molecule has 0 spiro atoms. The smallest absolute Gasteiger partial charge is 0.298 e. The van der Waals surface area contributed by atoms with Crippen molar-refractivity contribution in [2.45, 2.75) is 6.18 Å². The number of urea groups is 1. The molecule has 78 valence electrons. The molecule has 0 atom stereocenters. The van der Waals surface area contributed by atoms with E-state index in [4.69, 9.17) is 0 Å². The van der Waals surface area contributed by atoms with Crippen LogP contribution in [0.4, 0.5) is 18.0 Å². The summed E-state index contributed by atoms with van der Waals surface area (Å²) in [6.07, 6.45) is -3.70. The highest BCUT2D eigenvalue weighted by atomic mass is 19.4. The average Bonchev–Trinajstić information content (AvgIpc) is 2.06. The molecular weight excluding hydrogens is 197 g/mol. The molecule has 0 saturated carbocycles. The summed E-state index contributed by atoms with van der Waals surface area (Å²) in [5.74, 6) is 0. The van der Waals surface area contributed by atoms with E-state index >= 15 is 0 Å². The zero-order chi connectivity index (χ0) is 11.1. The van der Waals surface area contributed by atoms with Crippen LogP contribution < -0.4 is 0 Å². The fourth-order valence-electron chi connectivity index (χ4n) is 1.07. The third kappa shape index (κ3) is 1.59. The summed E-state index contributed by atoms with van der Waals surface area (Å²) in [5.41, 5.74) is -0.967. The zero-order valence-electron chi connectivity index (χ0n) is 7.72. The van der Waals surface area contributed by atoms with Gasteiger partial charge in [0.1, 0.15) is 5.70 Å². The molecule has 0 N–H and O–H groups in total. The highest BCUT2D eigenvalue weighted by molar-refractivity contribution is 5.80. The van der Waals surface area contributed by atoms with E-state index < -0.39 is 17.9 Å². The molecule has 2 amide bonds.